The van der Waals surface area contributed by atoms with Crippen molar-refractivity contribution in [2.75, 3.05) is 14.2 Å². The molecule has 27 heavy (non-hydrogen) atoms. The summed E-state index contributed by atoms with van der Waals surface area (Å²) in [6.07, 6.45) is 8.20. The average Bonchev–Trinajstić information content (AvgIpc) is 3.19. The summed E-state index contributed by atoms with van der Waals surface area (Å²) in [4.78, 5) is 17.5. The highest BCUT2D eigenvalue weighted by molar-refractivity contribution is 5.89. The van der Waals surface area contributed by atoms with Crippen LogP contribution in [0, 0.1) is 0 Å². The average molecular weight is 368 g/mol. The minimum atomic E-state index is -0.497. The summed E-state index contributed by atoms with van der Waals surface area (Å²) in [5, 5.41) is 3.24. The Kier molecular flexibility index (Phi) is 5.99. The molecule has 1 aliphatic carbocycles. The van der Waals surface area contributed by atoms with Crippen molar-refractivity contribution >= 4 is 5.91 Å². The number of carbonyl (C=O) groups is 1. The van der Waals surface area contributed by atoms with Gasteiger partial charge in [-0.1, -0.05) is 25.0 Å². The summed E-state index contributed by atoms with van der Waals surface area (Å²) < 4.78 is 10.8. The first-order chi connectivity index (χ1) is 13.1. The number of hydrogen-bond donors (Lipinski definition) is 1. The summed E-state index contributed by atoms with van der Waals surface area (Å²) >= 11 is 0. The van der Waals surface area contributed by atoms with Crippen LogP contribution in [0.1, 0.15) is 43.7 Å². The highest BCUT2D eigenvalue weighted by Crippen LogP contribution is 2.44. The molecule has 1 aromatic carbocycles. The normalized spacial score (nSPS) is 16.6. The first-order valence-corrected chi connectivity index (χ1v) is 9.51. The molecule has 1 N–H and O–H groups in total. The molecule has 1 heterocycles. The fourth-order valence-corrected chi connectivity index (χ4v) is 4.04. The van der Waals surface area contributed by atoms with E-state index in [2.05, 4.69) is 10.3 Å². The minimum absolute atomic E-state index is 0.0410. The number of carbonyl (C=O) groups excluding carboxylic acids is 1. The van der Waals surface area contributed by atoms with Crippen LogP contribution in [-0.2, 0) is 16.6 Å². The lowest BCUT2D eigenvalue weighted by molar-refractivity contribution is -0.127. The van der Waals surface area contributed by atoms with Crippen LogP contribution in [0.15, 0.2) is 42.7 Å². The Bertz CT molecular complexity index is 770. The van der Waals surface area contributed by atoms with Gasteiger partial charge in [0.1, 0.15) is 0 Å². The standard InChI is InChI=1S/C22H28N2O3/c1-16(13-17-7-6-12-23-15-17)24-21(25)22(10-4-5-11-22)18-8-9-19(26-2)20(14-18)27-3/h6-9,12,14-16H,4-5,10-11,13H2,1-3H3,(H,24,25)/t16-/m1/s1. The second-order valence-electron chi connectivity index (χ2n) is 7.30. The van der Waals surface area contributed by atoms with Gasteiger partial charge in [-0.05, 0) is 55.5 Å². The number of amides is 1. The van der Waals surface area contributed by atoms with Crippen molar-refractivity contribution in [1.29, 1.82) is 0 Å². The summed E-state index contributed by atoms with van der Waals surface area (Å²) in [6.45, 7) is 2.04. The molecule has 1 aliphatic rings. The topological polar surface area (TPSA) is 60.5 Å². The van der Waals surface area contributed by atoms with Gasteiger partial charge in [-0.25, -0.2) is 0 Å². The molecule has 0 radical (unpaired) electrons. The largest absolute Gasteiger partial charge is 0.493 e. The van der Waals surface area contributed by atoms with Gasteiger partial charge in [-0.3, -0.25) is 9.78 Å². The Labute approximate surface area is 161 Å². The molecular weight excluding hydrogens is 340 g/mol. The third kappa shape index (κ3) is 4.07. The molecule has 1 amide bonds. The van der Waals surface area contributed by atoms with Gasteiger partial charge in [0, 0.05) is 18.4 Å². The lowest BCUT2D eigenvalue weighted by atomic mass is 9.77. The van der Waals surface area contributed by atoms with Crippen molar-refractivity contribution in [3.63, 3.8) is 0 Å². The van der Waals surface area contributed by atoms with E-state index in [4.69, 9.17) is 9.47 Å². The summed E-state index contributed by atoms with van der Waals surface area (Å²) in [6, 6.07) is 9.84. The maximum Gasteiger partial charge on any atom is 0.230 e. The SMILES string of the molecule is COc1ccc(C2(C(=O)N[C@H](C)Cc3cccnc3)CCCC2)cc1OC. The summed E-state index contributed by atoms with van der Waals surface area (Å²) in [5.41, 5.74) is 1.63. The number of ether oxygens (including phenoxy) is 2. The van der Waals surface area contributed by atoms with Crippen molar-refractivity contribution in [3.05, 3.63) is 53.9 Å². The molecule has 1 atom stereocenters. The van der Waals surface area contributed by atoms with E-state index in [-0.39, 0.29) is 11.9 Å². The van der Waals surface area contributed by atoms with Gasteiger partial charge >= 0.3 is 0 Å². The van der Waals surface area contributed by atoms with Crippen LogP contribution < -0.4 is 14.8 Å². The maximum atomic E-state index is 13.3. The number of methoxy groups -OCH3 is 2. The predicted molar refractivity (Wildman–Crippen MR) is 105 cm³/mol. The van der Waals surface area contributed by atoms with E-state index in [1.54, 1.807) is 20.4 Å². The molecule has 1 fully saturated rings. The van der Waals surface area contributed by atoms with E-state index >= 15 is 0 Å². The summed E-state index contributed by atoms with van der Waals surface area (Å²) in [7, 11) is 3.24. The number of pyridine rings is 1. The van der Waals surface area contributed by atoms with E-state index in [1.165, 1.54) is 0 Å². The zero-order chi connectivity index (χ0) is 19.3. The van der Waals surface area contributed by atoms with Gasteiger partial charge in [0.2, 0.25) is 5.91 Å². The van der Waals surface area contributed by atoms with Crippen LogP contribution in [0.5, 0.6) is 11.5 Å². The predicted octanol–water partition coefficient (Wildman–Crippen LogP) is 3.66. The molecule has 5 heteroatoms. The molecule has 1 aromatic heterocycles. The lowest BCUT2D eigenvalue weighted by Gasteiger charge is -2.30. The molecule has 5 nitrogen and oxygen atoms in total. The van der Waals surface area contributed by atoms with E-state index in [9.17, 15) is 4.79 Å². The third-order valence-electron chi connectivity index (χ3n) is 5.47. The van der Waals surface area contributed by atoms with Gasteiger partial charge in [-0.2, -0.15) is 0 Å². The molecule has 144 valence electrons. The second-order valence-corrected chi connectivity index (χ2v) is 7.30. The molecule has 0 unspecified atom stereocenters. The van der Waals surface area contributed by atoms with Crippen LogP contribution in [0.4, 0.5) is 0 Å². The zero-order valence-corrected chi connectivity index (χ0v) is 16.3. The minimum Gasteiger partial charge on any atom is -0.493 e. The van der Waals surface area contributed by atoms with E-state index in [0.717, 1.165) is 43.2 Å². The van der Waals surface area contributed by atoms with Crippen molar-refractivity contribution in [2.45, 2.75) is 50.5 Å². The molecule has 0 saturated heterocycles. The van der Waals surface area contributed by atoms with Crippen LogP contribution in [0.2, 0.25) is 0 Å². The van der Waals surface area contributed by atoms with Crippen molar-refractivity contribution in [1.82, 2.24) is 10.3 Å². The molecular formula is C22H28N2O3. The van der Waals surface area contributed by atoms with Crippen molar-refractivity contribution < 1.29 is 14.3 Å². The number of aromatic nitrogens is 1. The first kappa shape index (κ1) is 19.2. The number of benzene rings is 1. The molecule has 0 aliphatic heterocycles. The Balaban J connectivity index is 1.80. The lowest BCUT2D eigenvalue weighted by Crippen LogP contribution is -2.46. The van der Waals surface area contributed by atoms with Gasteiger partial charge in [0.05, 0.1) is 19.6 Å². The highest BCUT2D eigenvalue weighted by atomic mass is 16.5. The summed E-state index contributed by atoms with van der Waals surface area (Å²) in [5.74, 6) is 1.45. The van der Waals surface area contributed by atoms with Crippen molar-refractivity contribution in [3.8, 4) is 11.5 Å². The van der Waals surface area contributed by atoms with Gasteiger partial charge in [0.25, 0.3) is 0 Å². The quantitative estimate of drug-likeness (QED) is 0.810. The number of nitrogens with zero attached hydrogens (tertiary/aromatic N) is 1. The monoisotopic (exact) mass is 368 g/mol. The second kappa shape index (κ2) is 8.42. The van der Waals surface area contributed by atoms with Crippen LogP contribution >= 0.6 is 0 Å². The highest BCUT2D eigenvalue weighted by Gasteiger charge is 2.43. The Hall–Kier alpha value is -2.56. The van der Waals surface area contributed by atoms with E-state index in [0.29, 0.717) is 11.5 Å². The van der Waals surface area contributed by atoms with Gasteiger partial charge in [-0.15, -0.1) is 0 Å². The van der Waals surface area contributed by atoms with Crippen LogP contribution in [0.25, 0.3) is 0 Å². The number of rotatable bonds is 7. The number of hydrogen-bond acceptors (Lipinski definition) is 4. The Morgan fingerprint density at radius 3 is 2.56 bits per heavy atom. The first-order valence-electron chi connectivity index (χ1n) is 9.51. The fourth-order valence-electron chi connectivity index (χ4n) is 4.04. The van der Waals surface area contributed by atoms with E-state index < -0.39 is 5.41 Å². The van der Waals surface area contributed by atoms with Crippen LogP contribution in [-0.4, -0.2) is 31.2 Å². The maximum absolute atomic E-state index is 13.3. The number of nitrogens with one attached hydrogen (secondary N) is 1. The molecule has 2 aromatic rings. The molecule has 0 bridgehead atoms. The Morgan fingerprint density at radius 1 is 1.19 bits per heavy atom. The Morgan fingerprint density at radius 2 is 1.93 bits per heavy atom. The fraction of sp³-hybridized carbons (Fsp3) is 0.455. The van der Waals surface area contributed by atoms with Crippen LogP contribution in [0.3, 0.4) is 0 Å². The smallest absolute Gasteiger partial charge is 0.230 e. The zero-order valence-electron chi connectivity index (χ0n) is 16.3. The van der Waals surface area contributed by atoms with E-state index in [1.807, 2.05) is 43.5 Å². The van der Waals surface area contributed by atoms with Gasteiger partial charge < -0.3 is 14.8 Å². The molecule has 3 rings (SSSR count). The van der Waals surface area contributed by atoms with Gasteiger partial charge in [0.15, 0.2) is 11.5 Å². The molecule has 0 spiro atoms. The third-order valence-corrected chi connectivity index (χ3v) is 5.47. The van der Waals surface area contributed by atoms with Crippen molar-refractivity contribution in [2.24, 2.45) is 0 Å². The molecule has 1 saturated carbocycles.